The molecular formula is C47H50F6N4O5. The molecule has 62 heavy (non-hydrogen) atoms. The van der Waals surface area contributed by atoms with Crippen LogP contribution in [0.3, 0.4) is 0 Å². The van der Waals surface area contributed by atoms with Crippen molar-refractivity contribution in [3.63, 3.8) is 0 Å². The molecule has 0 aliphatic carbocycles. The number of nitrogens with one attached hydrogen (secondary N) is 2. The van der Waals surface area contributed by atoms with Crippen LogP contribution in [-0.4, -0.2) is 43.1 Å². The van der Waals surface area contributed by atoms with E-state index in [0.717, 1.165) is 46.1 Å². The van der Waals surface area contributed by atoms with Gasteiger partial charge in [0.15, 0.2) is 0 Å². The molecule has 4 aromatic rings. The highest BCUT2D eigenvalue weighted by Crippen LogP contribution is 2.41. The van der Waals surface area contributed by atoms with Crippen LogP contribution in [0.2, 0.25) is 0 Å². The van der Waals surface area contributed by atoms with Crippen molar-refractivity contribution in [2.45, 2.75) is 80.2 Å². The maximum absolute atomic E-state index is 12.4. The lowest BCUT2D eigenvalue weighted by Crippen LogP contribution is -2.22. The van der Waals surface area contributed by atoms with E-state index in [4.69, 9.17) is 4.74 Å². The quantitative estimate of drug-likeness (QED) is 0.0594. The van der Waals surface area contributed by atoms with E-state index in [1.807, 2.05) is 19.9 Å². The third-order valence-electron chi connectivity index (χ3n) is 8.75. The van der Waals surface area contributed by atoms with Crippen LogP contribution in [-0.2, 0) is 35.7 Å². The van der Waals surface area contributed by atoms with Gasteiger partial charge >= 0.3 is 12.5 Å². The van der Waals surface area contributed by atoms with Crippen molar-refractivity contribution in [1.82, 2.24) is 10.6 Å². The van der Waals surface area contributed by atoms with Gasteiger partial charge in [0.05, 0.1) is 24.5 Å². The number of aliphatic hydroxyl groups is 1. The Morgan fingerprint density at radius 3 is 1.89 bits per heavy atom. The fourth-order valence-electron chi connectivity index (χ4n) is 6.18. The number of carbonyl (C=O) groups excluding carboxylic acids is 2. The van der Waals surface area contributed by atoms with E-state index in [1.165, 1.54) is 35.9 Å². The van der Waals surface area contributed by atoms with Gasteiger partial charge in [-0.15, -0.1) is 13.2 Å². The summed E-state index contributed by atoms with van der Waals surface area (Å²) in [4.78, 5) is 24.7. The second-order valence-electron chi connectivity index (χ2n) is 13.2. The summed E-state index contributed by atoms with van der Waals surface area (Å²) in [6.07, 6.45) is -5.64. The summed E-state index contributed by atoms with van der Waals surface area (Å²) in [7, 11) is 1.70. The van der Waals surface area contributed by atoms with Gasteiger partial charge in [-0.05, 0) is 96.1 Å². The second kappa shape index (κ2) is 23.9. The molecule has 0 saturated heterocycles. The number of amides is 2. The number of benzene rings is 4. The molecule has 1 heterocycles. The Hall–Kier alpha value is -6.71. The Labute approximate surface area is 358 Å². The van der Waals surface area contributed by atoms with Crippen LogP contribution in [0.1, 0.15) is 66.6 Å². The number of hydrogen-bond donors (Lipinski definition) is 3. The zero-order chi connectivity index (χ0) is 46.8. The van der Waals surface area contributed by atoms with Gasteiger partial charge < -0.3 is 30.1 Å². The van der Waals surface area contributed by atoms with E-state index in [2.05, 4.69) is 77.8 Å². The third-order valence-corrected chi connectivity index (χ3v) is 8.75. The average molecular weight is 865 g/mol. The summed E-state index contributed by atoms with van der Waals surface area (Å²) in [6.45, 7) is 17.5. The molecule has 4 aromatic carbocycles. The molecule has 0 fully saturated rings. The van der Waals surface area contributed by atoms with Crippen molar-refractivity contribution in [1.29, 1.82) is 5.26 Å². The molecule has 15 heteroatoms. The highest BCUT2D eigenvalue weighted by atomic mass is 19.4. The molecule has 0 aromatic heterocycles. The number of alkyl halides is 6. The van der Waals surface area contributed by atoms with E-state index in [1.54, 1.807) is 31.9 Å². The molecule has 0 radical (unpaired) electrons. The van der Waals surface area contributed by atoms with Crippen LogP contribution >= 0.6 is 0 Å². The Balaban J connectivity index is 0.000000379. The maximum atomic E-state index is 12.4. The maximum Gasteiger partial charge on any atom is 0.573 e. The summed E-state index contributed by atoms with van der Waals surface area (Å²) in [5, 5.41) is 25.0. The Kier molecular flexibility index (Phi) is 19.8. The molecule has 1 aliphatic rings. The van der Waals surface area contributed by atoms with Crippen LogP contribution in [0.25, 0.3) is 22.3 Å². The zero-order valence-corrected chi connectivity index (χ0v) is 35.6. The number of nitrogens with zero attached hydrogens (tertiary/aromatic N) is 2. The lowest BCUT2D eigenvalue weighted by Gasteiger charge is -2.22. The number of ether oxygens (including phenoxy) is 2. The SMILES string of the molecule is C=CC(=O)NCc1cc(-c2ccc(C)cc2)c2c(c1CO)CCO2.C=CC(=O)NCc1cc(-c2ccc(OC(F)(F)F)cc2)c(C)c(N(C)C#CC)c1C#N.CC.CC(F)(F)F. The van der Waals surface area contributed by atoms with Crippen molar-refractivity contribution in [3.8, 4) is 51.8 Å². The molecule has 1 aliphatic heterocycles. The molecule has 5 rings (SSSR count). The number of anilines is 1. The third kappa shape index (κ3) is 15.4. The summed E-state index contributed by atoms with van der Waals surface area (Å²) in [5.41, 5.74) is 9.50. The number of carbonyl (C=O) groups is 2. The van der Waals surface area contributed by atoms with E-state index in [0.29, 0.717) is 46.7 Å². The average Bonchev–Trinajstić information content (AvgIpc) is 3.72. The monoisotopic (exact) mass is 864 g/mol. The predicted octanol–water partition coefficient (Wildman–Crippen LogP) is 10.1. The van der Waals surface area contributed by atoms with Crippen molar-refractivity contribution in [3.05, 3.63) is 125 Å². The molecule has 0 unspecified atom stereocenters. The highest BCUT2D eigenvalue weighted by Gasteiger charge is 2.31. The molecule has 0 bridgehead atoms. The van der Waals surface area contributed by atoms with Gasteiger partial charge in [0.25, 0.3) is 0 Å². The number of aliphatic hydroxyl groups excluding tert-OH is 1. The van der Waals surface area contributed by atoms with Gasteiger partial charge in [0.2, 0.25) is 11.8 Å². The smallest absolute Gasteiger partial charge is 0.492 e. The van der Waals surface area contributed by atoms with Gasteiger partial charge in [-0.1, -0.05) is 74.9 Å². The standard InChI is InChI=1S/C23H20F3N3O2.C20H21NO3.C2H3F3.C2H6/c1-5-11-29(4)22-15(3)19(12-17(20(22)13-27)14-28-21(30)6-2)16-7-9-18(10-8-16)31-23(24,25)26;1-3-19(23)21-11-15-10-17(14-6-4-13(2)5-7-14)20-16(8-9-24-20)18(15)12-22;1-2(3,4)5;1-2/h6-10,12H,2,14H2,1,3-4H3,(H,28,30);3-7,10,22H,1,8-9,11-12H2,2H3,(H,21,23);1H3;1-2H3. The number of rotatable bonds is 11. The van der Waals surface area contributed by atoms with Crippen molar-refractivity contribution >= 4 is 17.5 Å². The van der Waals surface area contributed by atoms with Crippen molar-refractivity contribution in [2.75, 3.05) is 18.6 Å². The topological polar surface area (TPSA) is 124 Å². The Morgan fingerprint density at radius 1 is 0.903 bits per heavy atom. The van der Waals surface area contributed by atoms with Gasteiger partial charge in [-0.25, -0.2) is 0 Å². The molecular weight excluding hydrogens is 815 g/mol. The molecule has 9 nitrogen and oxygen atoms in total. The van der Waals surface area contributed by atoms with Gasteiger partial charge in [0.1, 0.15) is 17.6 Å². The van der Waals surface area contributed by atoms with Crippen molar-refractivity contribution in [2.24, 2.45) is 0 Å². The molecule has 0 saturated carbocycles. The Morgan fingerprint density at radius 2 is 1.40 bits per heavy atom. The molecule has 330 valence electrons. The summed E-state index contributed by atoms with van der Waals surface area (Å²) in [6, 6.07) is 22.5. The lowest BCUT2D eigenvalue weighted by molar-refractivity contribution is -0.274. The van der Waals surface area contributed by atoms with E-state index >= 15 is 0 Å². The van der Waals surface area contributed by atoms with Crippen LogP contribution in [0.4, 0.5) is 32.0 Å². The summed E-state index contributed by atoms with van der Waals surface area (Å²) >= 11 is 0. The molecule has 0 atom stereocenters. The first-order valence-electron chi connectivity index (χ1n) is 19.2. The molecule has 0 spiro atoms. The number of nitriles is 1. The highest BCUT2D eigenvalue weighted by molar-refractivity contribution is 5.88. The minimum atomic E-state index is -4.78. The fraction of sp³-hybridized carbons (Fsp3) is 0.298. The molecule has 3 N–H and O–H groups in total. The van der Waals surface area contributed by atoms with Gasteiger partial charge in [0, 0.05) is 50.7 Å². The van der Waals surface area contributed by atoms with E-state index < -0.39 is 18.4 Å². The number of aryl methyl sites for hydroxylation is 1. The first-order chi connectivity index (χ1) is 29.2. The number of fused-ring (bicyclic) bond motifs is 1. The first kappa shape index (κ1) is 51.4. The Bertz CT molecular complexity index is 2280. The van der Waals surface area contributed by atoms with Crippen LogP contribution in [0.15, 0.2) is 86.0 Å². The fourth-order valence-corrected chi connectivity index (χ4v) is 6.18. The summed E-state index contributed by atoms with van der Waals surface area (Å²) in [5.74, 6) is 2.65. The minimum absolute atomic E-state index is 0.0662. The van der Waals surface area contributed by atoms with E-state index in [-0.39, 0.29) is 31.7 Å². The predicted molar refractivity (Wildman–Crippen MR) is 229 cm³/mol. The first-order valence-corrected chi connectivity index (χ1v) is 19.2. The molecule has 2 amide bonds. The van der Waals surface area contributed by atoms with Crippen LogP contribution < -0.4 is 25.0 Å². The normalized spacial score (nSPS) is 11.0. The number of hydrogen-bond acceptors (Lipinski definition) is 7. The van der Waals surface area contributed by atoms with Crippen LogP contribution in [0.5, 0.6) is 11.5 Å². The minimum Gasteiger partial charge on any atom is -0.492 e. The van der Waals surface area contributed by atoms with Gasteiger partial charge in [-0.3, -0.25) is 9.59 Å². The summed E-state index contributed by atoms with van der Waals surface area (Å²) < 4.78 is 78.2. The second-order valence-corrected chi connectivity index (χ2v) is 13.2. The lowest BCUT2D eigenvalue weighted by atomic mass is 9.92. The van der Waals surface area contributed by atoms with Gasteiger partial charge in [-0.2, -0.15) is 18.4 Å². The van der Waals surface area contributed by atoms with E-state index in [9.17, 15) is 46.3 Å². The van der Waals surface area contributed by atoms with Crippen LogP contribution in [0, 0.1) is 37.1 Å². The number of halogens is 6. The zero-order valence-electron chi connectivity index (χ0n) is 35.6. The largest absolute Gasteiger partial charge is 0.573 e. The van der Waals surface area contributed by atoms with Crippen molar-refractivity contribution < 1.29 is 50.5 Å².